The van der Waals surface area contributed by atoms with Gasteiger partial charge in [-0.3, -0.25) is 14.5 Å². The number of aromatic nitrogens is 2. The van der Waals surface area contributed by atoms with Crippen LogP contribution in [0.2, 0.25) is 0 Å². The van der Waals surface area contributed by atoms with Gasteiger partial charge in [0.2, 0.25) is 11.0 Å². The average Bonchev–Trinajstić information content (AvgIpc) is 3.44. The van der Waals surface area contributed by atoms with Crippen molar-refractivity contribution >= 4 is 45.6 Å². The van der Waals surface area contributed by atoms with Crippen LogP contribution in [-0.2, 0) is 9.59 Å². The number of carbonyl (C=O) groups excluding carboxylic acids is 2. The number of hydrogen-bond acceptors (Lipinski definition) is 11. The highest BCUT2D eigenvalue weighted by molar-refractivity contribution is 8.01. The molecule has 0 spiro atoms. The van der Waals surface area contributed by atoms with Crippen LogP contribution < -0.4 is 25.4 Å². The van der Waals surface area contributed by atoms with E-state index in [0.717, 1.165) is 11.3 Å². The number of ether oxygens (including phenoxy) is 2. The first-order valence-electron chi connectivity index (χ1n) is 13.6. The number of nitrogens with zero attached hydrogens (tertiary/aromatic N) is 4. The van der Waals surface area contributed by atoms with Crippen molar-refractivity contribution in [3.8, 4) is 17.6 Å². The first-order valence-corrected chi connectivity index (χ1v) is 15.4. The zero-order valence-electron chi connectivity index (χ0n) is 24.6. The van der Waals surface area contributed by atoms with Crippen LogP contribution in [0.5, 0.6) is 11.5 Å². The summed E-state index contributed by atoms with van der Waals surface area (Å²) < 4.78 is 11.5. The molecule has 3 aromatic rings. The second kappa shape index (κ2) is 12.1. The largest absolute Gasteiger partial charge is 0.493 e. The van der Waals surface area contributed by atoms with Crippen molar-refractivity contribution in [2.24, 2.45) is 11.1 Å². The Bertz CT molecular complexity index is 1690. The van der Waals surface area contributed by atoms with Gasteiger partial charge >= 0.3 is 0 Å². The normalized spacial score (nSPS) is 17.8. The van der Waals surface area contributed by atoms with Crippen molar-refractivity contribution in [2.45, 2.75) is 43.9 Å². The van der Waals surface area contributed by atoms with Gasteiger partial charge in [0.1, 0.15) is 5.82 Å². The first-order chi connectivity index (χ1) is 20.5. The average molecular weight is 617 g/mol. The molecule has 2 aromatic carbocycles. The van der Waals surface area contributed by atoms with Crippen molar-refractivity contribution in [3.05, 3.63) is 76.3 Å². The van der Waals surface area contributed by atoms with E-state index in [-0.39, 0.29) is 34.3 Å². The molecular weight excluding hydrogens is 585 g/mol. The number of methoxy groups -OCH3 is 2. The number of allylic oxidation sites excluding steroid dienone is 3. The molecule has 43 heavy (non-hydrogen) atoms. The standard InChI is InChI=1S/C31H32N6O4S2/c1-17-6-9-19(10-7-17)34-25(39)16-42-30-36-35-29(43-30)37-21-13-31(2,3)14-22(38)27(21)26(20(15-32)28(37)33)18-8-11-23(40-4)24(12-18)41-5/h6-12,26H,13-14,16,33H2,1-5H3,(H,34,39). The summed E-state index contributed by atoms with van der Waals surface area (Å²) in [5, 5.41) is 22.3. The molecule has 12 heteroatoms. The minimum atomic E-state index is -0.674. The topological polar surface area (TPSA) is 143 Å². The lowest BCUT2D eigenvalue weighted by atomic mass is 9.68. The molecule has 1 aromatic heterocycles. The fraction of sp³-hybridized carbons (Fsp3) is 0.323. The number of rotatable bonds is 8. The van der Waals surface area contributed by atoms with Gasteiger partial charge in [0.15, 0.2) is 21.6 Å². The van der Waals surface area contributed by atoms with E-state index in [4.69, 9.17) is 15.2 Å². The smallest absolute Gasteiger partial charge is 0.234 e. The molecule has 1 unspecified atom stereocenters. The van der Waals surface area contributed by atoms with E-state index >= 15 is 0 Å². The van der Waals surface area contributed by atoms with Gasteiger partial charge in [-0.05, 0) is 48.6 Å². The molecule has 0 radical (unpaired) electrons. The zero-order valence-corrected chi connectivity index (χ0v) is 26.2. The predicted molar refractivity (Wildman–Crippen MR) is 167 cm³/mol. The Hall–Kier alpha value is -4.34. The Morgan fingerprint density at radius 1 is 1.16 bits per heavy atom. The highest BCUT2D eigenvalue weighted by Gasteiger charge is 2.45. The fourth-order valence-electron chi connectivity index (χ4n) is 5.41. The maximum absolute atomic E-state index is 13.8. The lowest BCUT2D eigenvalue weighted by Gasteiger charge is -2.42. The Morgan fingerprint density at radius 3 is 2.56 bits per heavy atom. The van der Waals surface area contributed by atoms with Crippen LogP contribution in [0.15, 0.2) is 69.5 Å². The molecule has 1 aliphatic carbocycles. The molecule has 2 aliphatic rings. The Labute approximate surface area is 258 Å². The van der Waals surface area contributed by atoms with Gasteiger partial charge in [-0.1, -0.05) is 60.7 Å². The number of benzene rings is 2. The zero-order chi connectivity index (χ0) is 30.9. The summed E-state index contributed by atoms with van der Waals surface area (Å²) in [7, 11) is 3.09. The van der Waals surface area contributed by atoms with Crippen molar-refractivity contribution in [1.29, 1.82) is 5.26 Å². The number of Topliss-reactive ketones (excluding diaryl/α,β-unsaturated/α-hetero) is 1. The molecule has 1 atom stereocenters. The third-order valence-corrected chi connectivity index (χ3v) is 9.41. The lowest BCUT2D eigenvalue weighted by molar-refractivity contribution is -0.118. The molecule has 0 fully saturated rings. The van der Waals surface area contributed by atoms with E-state index in [2.05, 4.69) is 21.6 Å². The van der Waals surface area contributed by atoms with E-state index in [1.54, 1.807) is 24.1 Å². The summed E-state index contributed by atoms with van der Waals surface area (Å²) in [6, 6.07) is 15.2. The molecule has 0 saturated heterocycles. The van der Waals surface area contributed by atoms with Crippen LogP contribution in [0.3, 0.4) is 0 Å². The Morgan fingerprint density at radius 2 is 1.88 bits per heavy atom. The molecule has 5 rings (SSSR count). The summed E-state index contributed by atoms with van der Waals surface area (Å²) in [5.41, 5.74) is 10.4. The maximum atomic E-state index is 13.8. The van der Waals surface area contributed by atoms with Gasteiger partial charge in [0.05, 0.1) is 37.5 Å². The second-order valence-electron chi connectivity index (χ2n) is 11.1. The molecule has 1 aliphatic heterocycles. The molecule has 0 bridgehead atoms. The second-order valence-corrected chi connectivity index (χ2v) is 13.3. The number of ketones is 1. The molecule has 1 amide bonds. The predicted octanol–water partition coefficient (Wildman–Crippen LogP) is 5.54. The number of hydrogen-bond donors (Lipinski definition) is 2. The molecule has 2 heterocycles. The minimum absolute atomic E-state index is 0.0526. The van der Waals surface area contributed by atoms with Crippen LogP contribution in [0.4, 0.5) is 10.8 Å². The number of carbonyl (C=O) groups is 2. The lowest BCUT2D eigenvalue weighted by Crippen LogP contribution is -2.42. The SMILES string of the molecule is COc1ccc(C2C(C#N)=C(N)N(c3nnc(SCC(=O)Nc4ccc(C)cc4)s3)C3=C2C(=O)CC(C)(C)C3)cc1OC. The Balaban J connectivity index is 1.49. The molecule has 0 saturated carbocycles. The number of aryl methyl sites for hydroxylation is 1. The van der Waals surface area contributed by atoms with Crippen LogP contribution in [0, 0.1) is 23.7 Å². The number of thioether (sulfide) groups is 1. The van der Waals surface area contributed by atoms with Gasteiger partial charge in [0.25, 0.3) is 0 Å². The van der Waals surface area contributed by atoms with Gasteiger partial charge in [-0.15, -0.1) is 10.2 Å². The molecule has 10 nitrogen and oxygen atoms in total. The fourth-order valence-corrected chi connectivity index (χ4v) is 7.09. The van der Waals surface area contributed by atoms with E-state index in [1.165, 1.54) is 30.2 Å². The highest BCUT2D eigenvalue weighted by atomic mass is 32.2. The summed E-state index contributed by atoms with van der Waals surface area (Å²) in [5.74, 6) is 0.457. The van der Waals surface area contributed by atoms with Crippen LogP contribution >= 0.6 is 23.1 Å². The maximum Gasteiger partial charge on any atom is 0.234 e. The minimum Gasteiger partial charge on any atom is -0.493 e. The summed E-state index contributed by atoms with van der Waals surface area (Å²) in [4.78, 5) is 28.1. The number of nitriles is 1. The number of amides is 1. The third kappa shape index (κ3) is 6.09. The van der Waals surface area contributed by atoms with E-state index in [9.17, 15) is 14.9 Å². The van der Waals surface area contributed by atoms with Gasteiger partial charge in [0, 0.05) is 23.4 Å². The van der Waals surface area contributed by atoms with E-state index in [1.807, 2.05) is 51.1 Å². The highest BCUT2D eigenvalue weighted by Crippen LogP contribution is 2.51. The molecule has 3 N–H and O–H groups in total. The summed E-state index contributed by atoms with van der Waals surface area (Å²) in [6.07, 6.45) is 0.869. The molecule has 222 valence electrons. The summed E-state index contributed by atoms with van der Waals surface area (Å²) >= 11 is 2.51. The van der Waals surface area contributed by atoms with Gasteiger partial charge < -0.3 is 20.5 Å². The van der Waals surface area contributed by atoms with E-state index in [0.29, 0.717) is 50.6 Å². The van der Waals surface area contributed by atoms with Crippen LogP contribution in [0.1, 0.15) is 43.7 Å². The summed E-state index contributed by atoms with van der Waals surface area (Å²) in [6.45, 7) is 6.05. The van der Waals surface area contributed by atoms with E-state index < -0.39 is 5.92 Å². The number of nitrogens with two attached hydrogens (primary N) is 1. The molecular formula is C31H32N6O4S2. The first kappa shape index (κ1) is 30.1. The van der Waals surface area contributed by atoms with Crippen molar-refractivity contribution in [1.82, 2.24) is 10.2 Å². The van der Waals surface area contributed by atoms with Gasteiger partial charge in [-0.25, -0.2) is 0 Å². The third-order valence-electron chi connectivity index (χ3n) is 7.37. The van der Waals surface area contributed by atoms with Crippen molar-refractivity contribution in [2.75, 3.05) is 30.2 Å². The monoisotopic (exact) mass is 616 g/mol. The van der Waals surface area contributed by atoms with Crippen LogP contribution in [-0.4, -0.2) is 41.9 Å². The van der Waals surface area contributed by atoms with Gasteiger partial charge in [-0.2, -0.15) is 5.26 Å². The van der Waals surface area contributed by atoms with Crippen LogP contribution in [0.25, 0.3) is 0 Å². The number of nitrogens with one attached hydrogen (secondary N) is 1. The van der Waals surface area contributed by atoms with Crippen molar-refractivity contribution in [3.63, 3.8) is 0 Å². The van der Waals surface area contributed by atoms with Crippen molar-refractivity contribution < 1.29 is 19.1 Å². The Kier molecular flexibility index (Phi) is 8.48. The number of anilines is 2. The quantitative estimate of drug-likeness (QED) is 0.310.